The fourth-order valence-electron chi connectivity index (χ4n) is 3.97. The molecule has 0 aromatic heterocycles. The molecule has 134 valence electrons. The van der Waals surface area contributed by atoms with Crippen molar-refractivity contribution in [2.45, 2.75) is 37.7 Å². The summed E-state index contributed by atoms with van der Waals surface area (Å²) in [7, 11) is 1.67. The van der Waals surface area contributed by atoms with Gasteiger partial charge < -0.3 is 14.7 Å². The Morgan fingerprint density at radius 2 is 1.68 bits per heavy atom. The van der Waals surface area contributed by atoms with E-state index in [1.807, 2.05) is 30.3 Å². The number of aliphatic hydroxyl groups is 1. The lowest BCUT2D eigenvalue weighted by molar-refractivity contribution is -0.00677. The number of ether oxygens (including phenoxy) is 1. The first-order valence-electron chi connectivity index (χ1n) is 9.31. The molecular weight excluding hydrogens is 310 g/mol. The smallest absolute Gasteiger partial charge is 0.118 e. The maximum atomic E-state index is 11.8. The second kappa shape index (κ2) is 8.03. The van der Waals surface area contributed by atoms with E-state index in [1.54, 1.807) is 7.11 Å². The van der Waals surface area contributed by atoms with Gasteiger partial charge in [-0.05, 0) is 55.6 Å². The summed E-state index contributed by atoms with van der Waals surface area (Å²) in [6.45, 7) is 5.22. The summed E-state index contributed by atoms with van der Waals surface area (Å²) in [5.41, 5.74) is 1.27. The van der Waals surface area contributed by atoms with Gasteiger partial charge in [-0.3, -0.25) is 0 Å². The Kier molecular flexibility index (Phi) is 5.77. The molecule has 0 spiro atoms. The first kappa shape index (κ1) is 18.0. The van der Waals surface area contributed by atoms with Crippen molar-refractivity contribution in [2.24, 2.45) is 0 Å². The molecule has 1 saturated heterocycles. The zero-order valence-electron chi connectivity index (χ0n) is 15.3. The van der Waals surface area contributed by atoms with Crippen LogP contribution in [0.15, 0.2) is 54.6 Å². The highest BCUT2D eigenvalue weighted by Gasteiger charge is 2.39. The van der Waals surface area contributed by atoms with Gasteiger partial charge in [0.15, 0.2) is 0 Å². The van der Waals surface area contributed by atoms with Crippen LogP contribution in [0.3, 0.4) is 0 Å². The van der Waals surface area contributed by atoms with Crippen LogP contribution in [0.1, 0.15) is 43.2 Å². The summed E-state index contributed by atoms with van der Waals surface area (Å²) < 4.78 is 5.28. The number of likely N-dealkylation sites (tertiary alicyclic amines) is 1. The lowest BCUT2D eigenvalue weighted by Gasteiger charge is -2.38. The monoisotopic (exact) mass is 339 g/mol. The van der Waals surface area contributed by atoms with Gasteiger partial charge in [0.25, 0.3) is 0 Å². The quantitative estimate of drug-likeness (QED) is 0.822. The summed E-state index contributed by atoms with van der Waals surface area (Å²) in [6, 6.07) is 18.3. The number of rotatable bonds is 7. The highest BCUT2D eigenvalue weighted by Crippen LogP contribution is 2.41. The molecule has 3 nitrogen and oxygen atoms in total. The van der Waals surface area contributed by atoms with Crippen LogP contribution < -0.4 is 4.74 Å². The molecule has 0 aliphatic carbocycles. The fraction of sp³-hybridized carbons (Fsp3) is 0.455. The highest BCUT2D eigenvalue weighted by molar-refractivity contribution is 5.35. The van der Waals surface area contributed by atoms with Gasteiger partial charge in [-0.25, -0.2) is 0 Å². The number of benzene rings is 2. The Balaban J connectivity index is 1.97. The number of hydrogen-bond acceptors (Lipinski definition) is 3. The standard InChI is InChI=1S/C22H29NO2/c1-3-22(24,19-11-13-20(25-2)14-12-19)21(17-23-15-7-8-16-23)18-9-5-4-6-10-18/h4-6,9-14,21,24H,3,7-8,15-17H2,1-2H3. The van der Waals surface area contributed by atoms with Crippen molar-refractivity contribution in [3.63, 3.8) is 0 Å². The van der Waals surface area contributed by atoms with Crippen LogP contribution in [-0.4, -0.2) is 36.8 Å². The van der Waals surface area contributed by atoms with E-state index in [9.17, 15) is 5.11 Å². The Hall–Kier alpha value is -1.84. The maximum Gasteiger partial charge on any atom is 0.118 e. The number of hydrogen-bond donors (Lipinski definition) is 1. The molecule has 0 radical (unpaired) electrons. The van der Waals surface area contributed by atoms with Gasteiger partial charge in [-0.1, -0.05) is 49.4 Å². The average molecular weight is 339 g/mol. The van der Waals surface area contributed by atoms with Crippen molar-refractivity contribution in [1.82, 2.24) is 4.90 Å². The van der Waals surface area contributed by atoms with E-state index in [0.29, 0.717) is 6.42 Å². The van der Waals surface area contributed by atoms with E-state index >= 15 is 0 Å². The first-order chi connectivity index (χ1) is 12.2. The summed E-state index contributed by atoms with van der Waals surface area (Å²) >= 11 is 0. The van der Waals surface area contributed by atoms with Gasteiger partial charge in [0.1, 0.15) is 5.75 Å². The lowest BCUT2D eigenvalue weighted by atomic mass is 9.75. The molecule has 1 N–H and O–H groups in total. The first-order valence-corrected chi connectivity index (χ1v) is 9.31. The van der Waals surface area contributed by atoms with Crippen molar-refractivity contribution < 1.29 is 9.84 Å². The third-order valence-corrected chi connectivity index (χ3v) is 5.55. The SMILES string of the molecule is CCC(O)(c1ccc(OC)cc1)C(CN1CCCC1)c1ccccc1. The second-order valence-electron chi connectivity index (χ2n) is 6.98. The molecule has 2 aromatic carbocycles. The largest absolute Gasteiger partial charge is 0.497 e. The van der Waals surface area contributed by atoms with Crippen LogP contribution in [0.2, 0.25) is 0 Å². The van der Waals surface area contributed by atoms with Crippen LogP contribution in [0.5, 0.6) is 5.75 Å². The van der Waals surface area contributed by atoms with Crippen molar-refractivity contribution >= 4 is 0 Å². The molecule has 0 bridgehead atoms. The predicted octanol–water partition coefficient (Wildman–Crippen LogP) is 4.17. The van der Waals surface area contributed by atoms with E-state index in [4.69, 9.17) is 4.74 Å². The van der Waals surface area contributed by atoms with Gasteiger partial charge in [0.05, 0.1) is 12.7 Å². The third kappa shape index (κ3) is 3.88. The minimum Gasteiger partial charge on any atom is -0.497 e. The van der Waals surface area contributed by atoms with Crippen molar-refractivity contribution in [2.75, 3.05) is 26.7 Å². The number of nitrogens with zero attached hydrogens (tertiary/aromatic N) is 1. The highest BCUT2D eigenvalue weighted by atomic mass is 16.5. The Bertz CT molecular complexity index is 649. The minimum absolute atomic E-state index is 0.0465. The molecule has 1 heterocycles. The Labute approximate surface area is 151 Å². The van der Waals surface area contributed by atoms with Gasteiger partial charge in [0.2, 0.25) is 0 Å². The van der Waals surface area contributed by atoms with Crippen LogP contribution in [-0.2, 0) is 5.60 Å². The van der Waals surface area contributed by atoms with Gasteiger partial charge in [-0.15, -0.1) is 0 Å². The minimum atomic E-state index is -0.893. The molecule has 1 fully saturated rings. The topological polar surface area (TPSA) is 32.7 Å². The van der Waals surface area contributed by atoms with Crippen molar-refractivity contribution in [3.05, 3.63) is 65.7 Å². The summed E-state index contributed by atoms with van der Waals surface area (Å²) in [5, 5.41) is 11.8. The van der Waals surface area contributed by atoms with Crippen LogP contribution in [0, 0.1) is 0 Å². The molecule has 3 heteroatoms. The van der Waals surface area contributed by atoms with Crippen LogP contribution >= 0.6 is 0 Å². The van der Waals surface area contributed by atoms with E-state index < -0.39 is 5.60 Å². The molecule has 2 unspecified atom stereocenters. The molecule has 0 amide bonds. The van der Waals surface area contributed by atoms with Crippen LogP contribution in [0.4, 0.5) is 0 Å². The third-order valence-electron chi connectivity index (χ3n) is 5.55. The molecule has 0 saturated carbocycles. The van der Waals surface area contributed by atoms with Crippen LogP contribution in [0.25, 0.3) is 0 Å². The molecular formula is C22H29NO2. The fourth-order valence-corrected chi connectivity index (χ4v) is 3.97. The number of methoxy groups -OCH3 is 1. The summed E-state index contributed by atoms with van der Waals surface area (Å²) in [6.07, 6.45) is 3.19. The molecule has 25 heavy (non-hydrogen) atoms. The Morgan fingerprint density at radius 3 is 2.24 bits per heavy atom. The predicted molar refractivity (Wildman–Crippen MR) is 102 cm³/mol. The average Bonchev–Trinajstić information content (AvgIpc) is 3.19. The Morgan fingerprint density at radius 1 is 1.04 bits per heavy atom. The normalized spacial score (nSPS) is 18.7. The maximum absolute atomic E-state index is 11.8. The van der Waals surface area contributed by atoms with Crippen molar-refractivity contribution in [1.29, 1.82) is 0 Å². The van der Waals surface area contributed by atoms with Gasteiger partial charge in [-0.2, -0.15) is 0 Å². The second-order valence-corrected chi connectivity index (χ2v) is 6.98. The molecule has 2 atom stereocenters. The molecule has 2 aromatic rings. The molecule has 1 aliphatic heterocycles. The van der Waals surface area contributed by atoms with Gasteiger partial charge in [0, 0.05) is 12.5 Å². The van der Waals surface area contributed by atoms with Crippen molar-refractivity contribution in [3.8, 4) is 5.75 Å². The van der Waals surface area contributed by atoms with E-state index in [1.165, 1.54) is 18.4 Å². The lowest BCUT2D eigenvalue weighted by Crippen LogP contribution is -2.40. The zero-order chi connectivity index (χ0) is 17.7. The molecule has 3 rings (SSSR count). The van der Waals surface area contributed by atoms with Gasteiger partial charge >= 0.3 is 0 Å². The molecule has 1 aliphatic rings. The summed E-state index contributed by atoms with van der Waals surface area (Å²) in [5.74, 6) is 0.864. The summed E-state index contributed by atoms with van der Waals surface area (Å²) in [4.78, 5) is 2.49. The zero-order valence-corrected chi connectivity index (χ0v) is 15.3. The van der Waals surface area contributed by atoms with E-state index in [0.717, 1.165) is 30.9 Å². The van der Waals surface area contributed by atoms with E-state index in [-0.39, 0.29) is 5.92 Å². The van der Waals surface area contributed by atoms with E-state index in [2.05, 4.69) is 36.1 Å².